The van der Waals surface area contributed by atoms with Crippen molar-refractivity contribution in [2.75, 3.05) is 5.73 Å². The van der Waals surface area contributed by atoms with Crippen molar-refractivity contribution in [3.8, 4) is 0 Å². The molecular weight excluding hydrogens is 256 g/mol. The lowest BCUT2D eigenvalue weighted by atomic mass is 9.77. The van der Waals surface area contributed by atoms with Crippen LogP contribution in [0.15, 0.2) is 24.3 Å². The van der Waals surface area contributed by atoms with Gasteiger partial charge in [0.05, 0.1) is 5.52 Å². The van der Waals surface area contributed by atoms with E-state index in [2.05, 4.69) is 31.2 Å². The van der Waals surface area contributed by atoms with Gasteiger partial charge in [-0.2, -0.15) is 0 Å². The average Bonchev–Trinajstić information content (AvgIpc) is 2.66. The Balaban J connectivity index is 1.84. The number of benzene rings is 1. The number of rotatable bonds is 1. The zero-order chi connectivity index (χ0) is 14.4. The van der Waals surface area contributed by atoms with Crippen LogP contribution in [0.25, 0.3) is 10.9 Å². The molecule has 1 saturated carbocycles. The van der Waals surface area contributed by atoms with Crippen LogP contribution in [-0.2, 0) is 6.42 Å². The number of nitrogens with two attached hydrogens (primary N) is 1. The van der Waals surface area contributed by atoms with Gasteiger partial charge in [-0.1, -0.05) is 31.5 Å². The minimum atomic E-state index is 0.646. The van der Waals surface area contributed by atoms with Gasteiger partial charge in [0.1, 0.15) is 0 Å². The van der Waals surface area contributed by atoms with Gasteiger partial charge in [0.25, 0.3) is 0 Å². The van der Waals surface area contributed by atoms with E-state index in [1.807, 2.05) is 0 Å². The molecule has 0 aliphatic heterocycles. The molecule has 1 aromatic carbocycles. The summed E-state index contributed by atoms with van der Waals surface area (Å²) in [5.41, 5.74) is 11.3. The molecule has 3 atom stereocenters. The fourth-order valence-electron chi connectivity index (χ4n) is 4.63. The Morgan fingerprint density at radius 2 is 2.05 bits per heavy atom. The number of aromatic nitrogens is 1. The van der Waals surface area contributed by atoms with Crippen molar-refractivity contribution < 1.29 is 0 Å². The molecule has 2 aliphatic rings. The highest BCUT2D eigenvalue weighted by Gasteiger charge is 2.34. The summed E-state index contributed by atoms with van der Waals surface area (Å²) in [7, 11) is 0. The third-order valence-electron chi connectivity index (χ3n) is 5.73. The third-order valence-corrected chi connectivity index (χ3v) is 5.73. The van der Waals surface area contributed by atoms with Crippen LogP contribution in [0.4, 0.5) is 5.69 Å². The monoisotopic (exact) mass is 280 g/mol. The van der Waals surface area contributed by atoms with Crippen molar-refractivity contribution in [2.45, 2.75) is 51.4 Å². The number of nitrogen functional groups attached to an aromatic ring is 1. The maximum Gasteiger partial charge on any atom is 0.0726 e. The molecule has 1 aromatic heterocycles. The molecule has 0 saturated heterocycles. The summed E-state index contributed by atoms with van der Waals surface area (Å²) in [4.78, 5) is 4.97. The summed E-state index contributed by atoms with van der Waals surface area (Å²) >= 11 is 0. The van der Waals surface area contributed by atoms with E-state index < -0.39 is 0 Å². The number of anilines is 1. The van der Waals surface area contributed by atoms with E-state index in [1.54, 1.807) is 0 Å². The quantitative estimate of drug-likeness (QED) is 0.824. The van der Waals surface area contributed by atoms with Crippen LogP contribution in [0.1, 0.15) is 56.2 Å². The summed E-state index contributed by atoms with van der Waals surface area (Å²) in [5.74, 6) is 2.38. The van der Waals surface area contributed by atoms with E-state index in [4.69, 9.17) is 10.7 Å². The minimum absolute atomic E-state index is 0.646. The molecule has 110 valence electrons. The molecule has 0 radical (unpaired) electrons. The Bertz CT molecular complexity index is 677. The second-order valence-corrected chi connectivity index (χ2v) is 6.99. The van der Waals surface area contributed by atoms with Crippen LogP contribution in [-0.4, -0.2) is 4.98 Å². The van der Waals surface area contributed by atoms with E-state index in [1.165, 1.54) is 43.4 Å². The highest BCUT2D eigenvalue weighted by molar-refractivity contribution is 5.92. The molecule has 1 fully saturated rings. The smallest absolute Gasteiger partial charge is 0.0726 e. The Morgan fingerprint density at radius 3 is 2.90 bits per heavy atom. The molecule has 2 nitrogen and oxygen atoms in total. The van der Waals surface area contributed by atoms with Gasteiger partial charge >= 0.3 is 0 Å². The van der Waals surface area contributed by atoms with Crippen LogP contribution in [0, 0.1) is 11.8 Å². The molecular formula is C19H24N2. The molecule has 2 aliphatic carbocycles. The summed E-state index contributed by atoms with van der Waals surface area (Å²) < 4.78 is 0. The minimum Gasteiger partial charge on any atom is -0.398 e. The lowest BCUT2D eigenvalue weighted by molar-refractivity contribution is 0.350. The van der Waals surface area contributed by atoms with Gasteiger partial charge < -0.3 is 5.73 Å². The fraction of sp³-hybridized carbons (Fsp3) is 0.526. The molecule has 0 spiro atoms. The van der Waals surface area contributed by atoms with E-state index in [0.717, 1.165) is 34.8 Å². The summed E-state index contributed by atoms with van der Waals surface area (Å²) in [6.45, 7) is 2.34. The molecule has 2 bridgehead atoms. The molecule has 2 aromatic rings. The first kappa shape index (κ1) is 13.1. The maximum absolute atomic E-state index is 6.55. The Labute approximate surface area is 126 Å². The predicted molar refractivity (Wildman–Crippen MR) is 88.3 cm³/mol. The largest absolute Gasteiger partial charge is 0.398 e. The third kappa shape index (κ3) is 2.12. The van der Waals surface area contributed by atoms with Crippen molar-refractivity contribution in [2.24, 2.45) is 11.8 Å². The van der Waals surface area contributed by atoms with E-state index in [0.29, 0.717) is 5.92 Å². The Kier molecular flexibility index (Phi) is 3.13. The molecule has 4 rings (SSSR count). The predicted octanol–water partition coefficient (Wildman–Crippen LogP) is 4.67. The van der Waals surface area contributed by atoms with Gasteiger partial charge in [0, 0.05) is 22.3 Å². The van der Waals surface area contributed by atoms with Crippen molar-refractivity contribution >= 4 is 16.6 Å². The SMILES string of the molecule is CCC1CCC2CC(Cc3nc4ccccc4c(N)c32)C1. The molecule has 2 N–H and O–H groups in total. The van der Waals surface area contributed by atoms with Crippen LogP contribution in [0.3, 0.4) is 0 Å². The van der Waals surface area contributed by atoms with Crippen LogP contribution in [0.5, 0.6) is 0 Å². The lowest BCUT2D eigenvalue weighted by Crippen LogP contribution is -2.20. The summed E-state index contributed by atoms with van der Waals surface area (Å²) in [5, 5.41) is 1.14. The van der Waals surface area contributed by atoms with Gasteiger partial charge in [-0.05, 0) is 55.9 Å². The van der Waals surface area contributed by atoms with Gasteiger partial charge in [-0.3, -0.25) is 4.98 Å². The maximum atomic E-state index is 6.55. The highest BCUT2D eigenvalue weighted by Crippen LogP contribution is 2.47. The van der Waals surface area contributed by atoms with Gasteiger partial charge in [-0.15, -0.1) is 0 Å². The number of fused-ring (bicyclic) bond motifs is 5. The average molecular weight is 280 g/mol. The van der Waals surface area contributed by atoms with Crippen molar-refractivity contribution in [1.29, 1.82) is 0 Å². The zero-order valence-corrected chi connectivity index (χ0v) is 12.8. The van der Waals surface area contributed by atoms with Crippen LogP contribution >= 0.6 is 0 Å². The first-order valence-electron chi connectivity index (χ1n) is 8.43. The number of para-hydroxylation sites is 1. The van der Waals surface area contributed by atoms with E-state index in [9.17, 15) is 0 Å². The van der Waals surface area contributed by atoms with Crippen LogP contribution < -0.4 is 5.73 Å². The molecule has 2 heteroatoms. The fourth-order valence-corrected chi connectivity index (χ4v) is 4.63. The second-order valence-electron chi connectivity index (χ2n) is 6.99. The van der Waals surface area contributed by atoms with Gasteiger partial charge in [0.15, 0.2) is 0 Å². The molecule has 21 heavy (non-hydrogen) atoms. The van der Waals surface area contributed by atoms with Crippen molar-refractivity contribution in [3.05, 3.63) is 35.5 Å². The van der Waals surface area contributed by atoms with Crippen LogP contribution in [0.2, 0.25) is 0 Å². The number of nitrogens with zero attached hydrogens (tertiary/aromatic N) is 1. The summed E-state index contributed by atoms with van der Waals surface area (Å²) in [6, 6.07) is 8.34. The normalized spacial score (nSPS) is 28.1. The molecule has 1 heterocycles. The van der Waals surface area contributed by atoms with Crippen molar-refractivity contribution in [1.82, 2.24) is 4.98 Å². The number of pyridine rings is 1. The Morgan fingerprint density at radius 1 is 1.19 bits per heavy atom. The molecule has 3 unspecified atom stereocenters. The lowest BCUT2D eigenvalue weighted by Gasteiger charge is -2.30. The zero-order valence-electron chi connectivity index (χ0n) is 12.8. The second kappa shape index (κ2) is 5.01. The van der Waals surface area contributed by atoms with E-state index >= 15 is 0 Å². The van der Waals surface area contributed by atoms with Gasteiger partial charge in [0.2, 0.25) is 0 Å². The first-order valence-corrected chi connectivity index (χ1v) is 8.43. The Hall–Kier alpha value is -1.57. The van der Waals surface area contributed by atoms with E-state index in [-0.39, 0.29) is 0 Å². The van der Waals surface area contributed by atoms with Crippen molar-refractivity contribution in [3.63, 3.8) is 0 Å². The first-order chi connectivity index (χ1) is 10.3. The number of hydrogen-bond acceptors (Lipinski definition) is 2. The molecule has 0 amide bonds. The van der Waals surface area contributed by atoms with Gasteiger partial charge in [-0.25, -0.2) is 0 Å². The number of hydrogen-bond donors (Lipinski definition) is 1. The highest BCUT2D eigenvalue weighted by atomic mass is 14.7. The topological polar surface area (TPSA) is 38.9 Å². The summed E-state index contributed by atoms with van der Waals surface area (Å²) in [6.07, 6.45) is 7.84. The standard InChI is InChI=1S/C19H24N2/c1-2-12-7-8-14-10-13(9-12)11-17-18(14)19(20)15-5-3-4-6-16(15)21-17/h3-6,12-14H,2,7-11H2,1H3,(H2,20,21).